The number of aryl methyl sites for hydroxylation is 1. The first kappa shape index (κ1) is 22.6. The molecule has 0 N–H and O–H groups in total. The van der Waals surface area contributed by atoms with E-state index in [-0.39, 0.29) is 23.5 Å². The van der Waals surface area contributed by atoms with Crippen LogP contribution < -0.4 is 10.4 Å². The number of hydrogen-bond donors (Lipinski definition) is 0. The smallest absolute Gasteiger partial charge is 0.334 e. The van der Waals surface area contributed by atoms with Crippen LogP contribution in [-0.4, -0.2) is 38.0 Å². The van der Waals surface area contributed by atoms with Crippen LogP contribution in [0.3, 0.4) is 0 Å². The summed E-state index contributed by atoms with van der Waals surface area (Å²) in [5, 5.41) is 0. The van der Waals surface area contributed by atoms with Gasteiger partial charge in [-0.2, -0.15) is 0 Å². The molecule has 4 aromatic rings. The third kappa shape index (κ3) is 4.23. The van der Waals surface area contributed by atoms with E-state index in [1.807, 2.05) is 18.2 Å². The molecule has 2 aromatic carbocycles. The van der Waals surface area contributed by atoms with Gasteiger partial charge in [-0.15, -0.1) is 0 Å². The van der Waals surface area contributed by atoms with Crippen molar-refractivity contribution in [2.24, 2.45) is 0 Å². The van der Waals surface area contributed by atoms with Gasteiger partial charge in [0.25, 0.3) is 0 Å². The SMILES string of the molecule is C=CC(=O)N1CC[C@@H](n2c(=O)n(-c3ccc(OCc4ccc(F)c(C)c4)cc3)c3cnccc32)C1. The van der Waals surface area contributed by atoms with Crippen LogP contribution in [0.25, 0.3) is 16.7 Å². The van der Waals surface area contributed by atoms with E-state index in [1.54, 1.807) is 57.6 Å². The fourth-order valence-corrected chi connectivity index (χ4v) is 4.61. The molecule has 0 bridgehead atoms. The van der Waals surface area contributed by atoms with Gasteiger partial charge in [0.15, 0.2) is 0 Å². The molecule has 2 aromatic heterocycles. The monoisotopic (exact) mass is 472 g/mol. The molecule has 35 heavy (non-hydrogen) atoms. The largest absolute Gasteiger partial charge is 0.489 e. The zero-order chi connectivity index (χ0) is 24.5. The van der Waals surface area contributed by atoms with Gasteiger partial charge in [-0.3, -0.25) is 18.9 Å². The molecule has 0 unspecified atom stereocenters. The third-order valence-electron chi connectivity index (χ3n) is 6.41. The number of imidazole rings is 1. The minimum absolute atomic E-state index is 0.126. The number of rotatable bonds is 6. The average Bonchev–Trinajstić information content (AvgIpc) is 3.46. The summed E-state index contributed by atoms with van der Waals surface area (Å²) in [7, 11) is 0. The van der Waals surface area contributed by atoms with Gasteiger partial charge in [-0.25, -0.2) is 9.18 Å². The zero-order valence-corrected chi connectivity index (χ0v) is 19.4. The van der Waals surface area contributed by atoms with Gasteiger partial charge in [-0.1, -0.05) is 12.6 Å². The fraction of sp³-hybridized carbons (Fsp3) is 0.222. The van der Waals surface area contributed by atoms with Crippen LogP contribution >= 0.6 is 0 Å². The van der Waals surface area contributed by atoms with Crippen molar-refractivity contribution in [3.05, 3.63) is 101 Å². The minimum Gasteiger partial charge on any atom is -0.489 e. The highest BCUT2D eigenvalue weighted by Crippen LogP contribution is 2.27. The summed E-state index contributed by atoms with van der Waals surface area (Å²) in [4.78, 5) is 31.6. The molecule has 1 saturated heterocycles. The number of aromatic nitrogens is 3. The summed E-state index contributed by atoms with van der Waals surface area (Å²) in [5.41, 5.74) is 3.43. The van der Waals surface area contributed by atoms with Crippen LogP contribution in [0, 0.1) is 12.7 Å². The van der Waals surface area contributed by atoms with Crippen LogP contribution in [0.5, 0.6) is 5.75 Å². The van der Waals surface area contributed by atoms with E-state index >= 15 is 0 Å². The van der Waals surface area contributed by atoms with E-state index < -0.39 is 0 Å². The van der Waals surface area contributed by atoms with Crippen LogP contribution in [0.2, 0.25) is 0 Å². The van der Waals surface area contributed by atoms with E-state index in [0.717, 1.165) is 11.1 Å². The van der Waals surface area contributed by atoms with Crippen molar-refractivity contribution in [2.45, 2.75) is 26.0 Å². The molecule has 0 radical (unpaired) electrons. The average molecular weight is 473 g/mol. The Labute approximate surface area is 201 Å². The Balaban J connectivity index is 1.42. The van der Waals surface area contributed by atoms with E-state index in [1.165, 1.54) is 12.1 Å². The van der Waals surface area contributed by atoms with E-state index in [9.17, 15) is 14.0 Å². The standard InChI is InChI=1S/C27H25FN4O3/c1-3-26(33)30-13-11-21(16-30)32-24-10-12-29-15-25(24)31(27(32)34)20-5-7-22(8-6-20)35-17-19-4-9-23(28)18(2)14-19/h3-10,12,14-15,21H,1,11,13,16-17H2,2H3/t21-/m1/s1. The van der Waals surface area contributed by atoms with Crippen LogP contribution in [-0.2, 0) is 11.4 Å². The molecule has 1 atom stereocenters. The number of likely N-dealkylation sites (tertiary alicyclic amines) is 1. The number of amides is 1. The van der Waals surface area contributed by atoms with Crippen molar-refractivity contribution in [2.75, 3.05) is 13.1 Å². The number of carbonyl (C=O) groups is 1. The quantitative estimate of drug-likeness (QED) is 0.395. The van der Waals surface area contributed by atoms with Crippen LogP contribution in [0.1, 0.15) is 23.6 Å². The number of hydrogen-bond acceptors (Lipinski definition) is 4. The first-order valence-corrected chi connectivity index (χ1v) is 11.4. The summed E-state index contributed by atoms with van der Waals surface area (Å²) in [5.74, 6) is 0.271. The van der Waals surface area contributed by atoms with Gasteiger partial charge in [0.05, 0.1) is 29.0 Å². The van der Waals surface area contributed by atoms with Crippen molar-refractivity contribution in [3.63, 3.8) is 0 Å². The summed E-state index contributed by atoms with van der Waals surface area (Å²) >= 11 is 0. The molecule has 7 nitrogen and oxygen atoms in total. The molecular weight excluding hydrogens is 447 g/mol. The maximum Gasteiger partial charge on any atom is 0.334 e. The first-order chi connectivity index (χ1) is 17.0. The lowest BCUT2D eigenvalue weighted by molar-refractivity contribution is -0.125. The number of pyridine rings is 1. The Morgan fingerprint density at radius 3 is 2.74 bits per heavy atom. The Bertz CT molecular complexity index is 1470. The summed E-state index contributed by atoms with van der Waals surface area (Å²) in [6.45, 7) is 6.63. The van der Waals surface area contributed by atoms with Crippen molar-refractivity contribution in [1.82, 2.24) is 19.0 Å². The van der Waals surface area contributed by atoms with Gasteiger partial charge in [-0.05, 0) is 73.0 Å². The Morgan fingerprint density at radius 1 is 1.20 bits per heavy atom. The van der Waals surface area contributed by atoms with Gasteiger partial charge in [0.1, 0.15) is 18.2 Å². The minimum atomic E-state index is -0.241. The number of halogens is 1. The van der Waals surface area contributed by atoms with Crippen molar-refractivity contribution >= 4 is 16.9 Å². The second kappa shape index (κ2) is 9.21. The predicted octanol–water partition coefficient (Wildman–Crippen LogP) is 4.17. The maximum atomic E-state index is 13.6. The van der Waals surface area contributed by atoms with Crippen molar-refractivity contribution < 1.29 is 13.9 Å². The molecule has 1 aliphatic rings. The molecule has 8 heteroatoms. The van der Waals surface area contributed by atoms with Crippen molar-refractivity contribution in [3.8, 4) is 11.4 Å². The van der Waals surface area contributed by atoms with Crippen molar-refractivity contribution in [1.29, 1.82) is 0 Å². The van der Waals surface area contributed by atoms with E-state index in [0.29, 0.717) is 48.6 Å². The lowest BCUT2D eigenvalue weighted by atomic mass is 10.1. The van der Waals surface area contributed by atoms with Gasteiger partial charge in [0, 0.05) is 19.3 Å². The van der Waals surface area contributed by atoms with Gasteiger partial charge in [0.2, 0.25) is 5.91 Å². The Kier molecular flexibility index (Phi) is 5.94. The molecule has 178 valence electrons. The number of ether oxygens (including phenoxy) is 1. The fourth-order valence-electron chi connectivity index (χ4n) is 4.61. The van der Waals surface area contributed by atoms with Gasteiger partial charge < -0.3 is 9.64 Å². The third-order valence-corrected chi connectivity index (χ3v) is 6.41. The topological polar surface area (TPSA) is 69.4 Å². The summed E-state index contributed by atoms with van der Waals surface area (Å²) in [6.07, 6.45) is 5.34. The zero-order valence-electron chi connectivity index (χ0n) is 19.4. The van der Waals surface area contributed by atoms with E-state index in [4.69, 9.17) is 4.74 Å². The lowest BCUT2D eigenvalue weighted by Gasteiger charge is -2.15. The molecule has 0 spiro atoms. The molecular formula is C27H25FN4O3. The second-order valence-corrected chi connectivity index (χ2v) is 8.65. The summed E-state index contributed by atoms with van der Waals surface area (Å²) in [6, 6.07) is 13.9. The second-order valence-electron chi connectivity index (χ2n) is 8.65. The number of benzene rings is 2. The Hall–Kier alpha value is -4.20. The molecule has 5 rings (SSSR count). The van der Waals surface area contributed by atoms with Crippen LogP contribution in [0.15, 0.2) is 78.4 Å². The summed E-state index contributed by atoms with van der Waals surface area (Å²) < 4.78 is 22.7. The van der Waals surface area contributed by atoms with Gasteiger partial charge >= 0.3 is 5.69 Å². The van der Waals surface area contributed by atoms with E-state index in [2.05, 4.69) is 11.6 Å². The molecule has 1 fully saturated rings. The first-order valence-electron chi connectivity index (χ1n) is 11.4. The lowest BCUT2D eigenvalue weighted by Crippen LogP contribution is -2.31. The number of fused-ring (bicyclic) bond motifs is 1. The number of nitrogens with zero attached hydrogens (tertiary/aromatic N) is 4. The molecule has 0 aliphatic carbocycles. The Morgan fingerprint density at radius 2 is 2.00 bits per heavy atom. The molecule has 1 aliphatic heterocycles. The highest BCUT2D eigenvalue weighted by atomic mass is 19.1. The predicted molar refractivity (Wildman–Crippen MR) is 131 cm³/mol. The highest BCUT2D eigenvalue weighted by Gasteiger charge is 2.29. The maximum absolute atomic E-state index is 13.6. The molecule has 1 amide bonds. The molecule has 3 heterocycles. The molecule has 0 saturated carbocycles. The van der Waals surface area contributed by atoms with Crippen LogP contribution in [0.4, 0.5) is 4.39 Å². The highest BCUT2D eigenvalue weighted by molar-refractivity contribution is 5.87. The normalized spacial score (nSPS) is 15.5. The number of carbonyl (C=O) groups excluding carboxylic acids is 1.